The van der Waals surface area contributed by atoms with Crippen LogP contribution in [0.25, 0.3) is 10.9 Å². The summed E-state index contributed by atoms with van der Waals surface area (Å²) in [4.78, 5) is 27.1. The van der Waals surface area contributed by atoms with Gasteiger partial charge in [-0.25, -0.2) is 8.42 Å². The Labute approximate surface area is 195 Å². The number of benzene rings is 1. The molecule has 1 aliphatic heterocycles. The van der Waals surface area contributed by atoms with Crippen LogP contribution in [0.1, 0.15) is 30.8 Å². The Hall–Kier alpha value is -1.99. The molecule has 1 unspecified atom stereocenters. The third-order valence-electron chi connectivity index (χ3n) is 4.95. The van der Waals surface area contributed by atoms with Crippen LogP contribution in [0.5, 0.6) is 0 Å². The van der Waals surface area contributed by atoms with E-state index in [1.165, 1.54) is 0 Å². The highest BCUT2D eigenvalue weighted by Crippen LogP contribution is 2.32. The fourth-order valence-electron chi connectivity index (χ4n) is 3.43. The van der Waals surface area contributed by atoms with Crippen LogP contribution in [0, 0.1) is 0 Å². The smallest absolute Gasteiger partial charge is 0.266 e. The zero-order valence-electron chi connectivity index (χ0n) is 17.9. The van der Waals surface area contributed by atoms with Crippen LogP contribution in [0.3, 0.4) is 0 Å². The second kappa shape index (κ2) is 10.3. The Kier molecular flexibility index (Phi) is 7.93. The standard InChI is InChI=1S/C20H27BrN4O6S/c1-12(2)30-8-3-6-23-20(27)16-11-25(7-9-31-16)32(28,29)18-14-10-13(21)4-5-15(14)24-17(18)19(22)26/h4-5,10,12,16,24H,3,6-9,11H2,1-2H3,(H2,22,26)(H,23,27). The molecule has 1 atom stereocenters. The highest BCUT2D eigenvalue weighted by Gasteiger charge is 2.37. The van der Waals surface area contributed by atoms with Gasteiger partial charge in [0.1, 0.15) is 16.7 Å². The number of carbonyl (C=O) groups excluding carboxylic acids is 2. The minimum absolute atomic E-state index is 0.0474. The van der Waals surface area contributed by atoms with E-state index in [2.05, 4.69) is 26.2 Å². The van der Waals surface area contributed by atoms with Crippen LogP contribution >= 0.6 is 15.9 Å². The van der Waals surface area contributed by atoms with Gasteiger partial charge in [0.2, 0.25) is 10.0 Å². The molecule has 2 aromatic rings. The largest absolute Gasteiger partial charge is 0.379 e. The number of hydrogen-bond donors (Lipinski definition) is 3. The van der Waals surface area contributed by atoms with Crippen LogP contribution in [0.15, 0.2) is 27.6 Å². The molecular formula is C20H27BrN4O6S. The first-order valence-electron chi connectivity index (χ1n) is 10.2. The van der Waals surface area contributed by atoms with Crippen molar-refractivity contribution >= 4 is 48.7 Å². The maximum atomic E-state index is 13.5. The van der Waals surface area contributed by atoms with Crippen molar-refractivity contribution in [3.05, 3.63) is 28.4 Å². The predicted molar refractivity (Wildman–Crippen MR) is 122 cm³/mol. The topological polar surface area (TPSA) is 144 Å². The van der Waals surface area contributed by atoms with E-state index >= 15 is 0 Å². The van der Waals surface area contributed by atoms with Crippen molar-refractivity contribution in [3.63, 3.8) is 0 Å². The second-order valence-corrected chi connectivity index (χ2v) is 10.5. The van der Waals surface area contributed by atoms with Gasteiger partial charge in [0, 0.05) is 41.6 Å². The molecule has 176 valence electrons. The molecule has 32 heavy (non-hydrogen) atoms. The number of carbonyl (C=O) groups is 2. The molecule has 0 radical (unpaired) electrons. The highest BCUT2D eigenvalue weighted by molar-refractivity contribution is 9.10. The lowest BCUT2D eigenvalue weighted by Crippen LogP contribution is -2.51. The summed E-state index contributed by atoms with van der Waals surface area (Å²) < 4.78 is 39.8. The Morgan fingerprint density at radius 1 is 1.41 bits per heavy atom. The summed E-state index contributed by atoms with van der Waals surface area (Å²) in [6.45, 7) is 4.68. The minimum Gasteiger partial charge on any atom is -0.379 e. The monoisotopic (exact) mass is 530 g/mol. The minimum atomic E-state index is -4.14. The first-order valence-corrected chi connectivity index (χ1v) is 12.5. The normalized spacial score (nSPS) is 17.7. The first kappa shape index (κ1) is 24.6. The molecule has 1 saturated heterocycles. The summed E-state index contributed by atoms with van der Waals surface area (Å²) in [6.07, 6.45) is -0.217. The number of nitrogens with one attached hydrogen (secondary N) is 2. The van der Waals surface area contributed by atoms with Gasteiger partial charge in [-0.2, -0.15) is 4.31 Å². The molecule has 3 rings (SSSR count). The van der Waals surface area contributed by atoms with E-state index in [4.69, 9.17) is 15.2 Å². The molecule has 0 saturated carbocycles. The van der Waals surface area contributed by atoms with E-state index in [1.54, 1.807) is 18.2 Å². The number of rotatable bonds is 9. The number of hydrogen-bond acceptors (Lipinski definition) is 6. The quantitative estimate of drug-likeness (QED) is 0.417. The molecule has 10 nitrogen and oxygen atoms in total. The summed E-state index contributed by atoms with van der Waals surface area (Å²) in [6, 6.07) is 4.99. The van der Waals surface area contributed by atoms with Crippen molar-refractivity contribution in [2.24, 2.45) is 5.73 Å². The maximum Gasteiger partial charge on any atom is 0.266 e. The summed E-state index contributed by atoms with van der Waals surface area (Å²) in [5.74, 6) is -1.28. The van der Waals surface area contributed by atoms with E-state index in [0.29, 0.717) is 34.9 Å². The number of nitrogens with zero attached hydrogens (tertiary/aromatic N) is 1. The molecule has 1 aromatic heterocycles. The lowest BCUT2D eigenvalue weighted by molar-refractivity contribution is -0.136. The van der Waals surface area contributed by atoms with Crippen molar-refractivity contribution in [2.75, 3.05) is 32.8 Å². The molecule has 1 aliphatic rings. The average molecular weight is 531 g/mol. The molecule has 0 aliphatic carbocycles. The lowest BCUT2D eigenvalue weighted by Gasteiger charge is -2.31. The summed E-state index contributed by atoms with van der Waals surface area (Å²) in [7, 11) is -4.14. The number of halogens is 1. The van der Waals surface area contributed by atoms with Gasteiger partial charge >= 0.3 is 0 Å². The van der Waals surface area contributed by atoms with Crippen LogP contribution in [-0.4, -0.2) is 74.6 Å². The number of sulfonamides is 1. The summed E-state index contributed by atoms with van der Waals surface area (Å²) in [5.41, 5.74) is 5.72. The Bertz CT molecular complexity index is 1100. The fourth-order valence-corrected chi connectivity index (χ4v) is 5.55. The average Bonchev–Trinajstić information content (AvgIpc) is 3.13. The molecule has 0 bridgehead atoms. The van der Waals surface area contributed by atoms with Crippen molar-refractivity contribution in [2.45, 2.75) is 37.4 Å². The van der Waals surface area contributed by atoms with Gasteiger partial charge in [-0.15, -0.1) is 0 Å². The van der Waals surface area contributed by atoms with Crippen LogP contribution in [0.2, 0.25) is 0 Å². The Balaban J connectivity index is 1.78. The number of aromatic nitrogens is 1. The molecular weight excluding hydrogens is 504 g/mol. The van der Waals surface area contributed by atoms with E-state index < -0.39 is 27.9 Å². The number of aromatic amines is 1. The van der Waals surface area contributed by atoms with Crippen molar-refractivity contribution in [1.29, 1.82) is 0 Å². The predicted octanol–water partition coefficient (Wildman–Crippen LogP) is 1.35. The third kappa shape index (κ3) is 5.49. The Morgan fingerprint density at radius 3 is 2.84 bits per heavy atom. The molecule has 1 fully saturated rings. The van der Waals surface area contributed by atoms with Crippen molar-refractivity contribution in [3.8, 4) is 0 Å². The second-order valence-electron chi connectivity index (χ2n) is 7.67. The zero-order valence-corrected chi connectivity index (χ0v) is 20.3. The molecule has 1 aromatic carbocycles. The lowest BCUT2D eigenvalue weighted by atomic mass is 10.2. The number of nitrogens with two attached hydrogens (primary N) is 1. The zero-order chi connectivity index (χ0) is 23.5. The molecule has 12 heteroatoms. The number of amides is 2. The SMILES string of the molecule is CC(C)OCCCNC(=O)C1CN(S(=O)(=O)c2c(C(N)=O)[nH]c3ccc(Br)cc23)CCO1. The van der Waals surface area contributed by atoms with Gasteiger partial charge < -0.3 is 25.5 Å². The van der Waals surface area contributed by atoms with Crippen LogP contribution < -0.4 is 11.1 Å². The Morgan fingerprint density at radius 2 is 2.16 bits per heavy atom. The van der Waals surface area contributed by atoms with E-state index in [9.17, 15) is 18.0 Å². The van der Waals surface area contributed by atoms with Gasteiger partial charge in [0.05, 0.1) is 12.7 Å². The van der Waals surface area contributed by atoms with Gasteiger partial charge in [0.25, 0.3) is 11.8 Å². The van der Waals surface area contributed by atoms with Gasteiger partial charge in [-0.3, -0.25) is 9.59 Å². The van der Waals surface area contributed by atoms with E-state index in [0.717, 1.165) is 4.31 Å². The first-order chi connectivity index (χ1) is 15.1. The summed E-state index contributed by atoms with van der Waals surface area (Å²) in [5, 5.41) is 3.09. The van der Waals surface area contributed by atoms with Crippen molar-refractivity contribution < 1.29 is 27.5 Å². The third-order valence-corrected chi connectivity index (χ3v) is 7.40. The number of H-pyrrole nitrogens is 1. The number of morpholine rings is 1. The number of primary amides is 1. The van der Waals surface area contributed by atoms with Gasteiger partial charge in [-0.1, -0.05) is 15.9 Å². The van der Waals surface area contributed by atoms with E-state index in [-0.39, 0.29) is 36.4 Å². The van der Waals surface area contributed by atoms with Crippen LogP contribution in [-0.2, 0) is 24.3 Å². The molecule has 0 spiro atoms. The van der Waals surface area contributed by atoms with Crippen LogP contribution in [0.4, 0.5) is 0 Å². The summed E-state index contributed by atoms with van der Waals surface area (Å²) >= 11 is 3.33. The number of fused-ring (bicyclic) bond motifs is 1. The number of ether oxygens (including phenoxy) is 2. The molecule has 2 amide bonds. The van der Waals surface area contributed by atoms with Gasteiger partial charge in [-0.05, 0) is 38.5 Å². The highest BCUT2D eigenvalue weighted by atomic mass is 79.9. The van der Waals surface area contributed by atoms with E-state index in [1.807, 2.05) is 13.8 Å². The van der Waals surface area contributed by atoms with Gasteiger partial charge in [0.15, 0.2) is 0 Å². The van der Waals surface area contributed by atoms with Crippen molar-refractivity contribution in [1.82, 2.24) is 14.6 Å². The fraction of sp³-hybridized carbons (Fsp3) is 0.500. The maximum absolute atomic E-state index is 13.5. The molecule has 2 heterocycles. The molecule has 4 N–H and O–H groups in total.